The zero-order chi connectivity index (χ0) is 6.27. The maximum atomic E-state index is 2.51. The standard InChI is InChI=1S/C8H11I/c9-5-8-4-6-1-2-7(8)3-6/h1-2,6-8H,3-5H2. The molecular weight excluding hydrogens is 223 g/mol. The van der Waals surface area contributed by atoms with Crippen molar-refractivity contribution in [2.75, 3.05) is 4.43 Å². The molecule has 3 unspecified atom stereocenters. The Morgan fingerprint density at radius 1 is 1.33 bits per heavy atom. The second-order valence-corrected chi connectivity index (χ2v) is 4.08. The molecule has 0 aromatic rings. The van der Waals surface area contributed by atoms with E-state index < -0.39 is 0 Å². The van der Waals surface area contributed by atoms with Gasteiger partial charge in [-0.3, -0.25) is 0 Å². The zero-order valence-electron chi connectivity index (χ0n) is 5.39. The molecule has 50 valence electrons. The van der Waals surface area contributed by atoms with Crippen LogP contribution in [0, 0.1) is 17.8 Å². The topological polar surface area (TPSA) is 0 Å². The number of hydrogen-bond acceptors (Lipinski definition) is 0. The van der Waals surface area contributed by atoms with Gasteiger partial charge in [0.15, 0.2) is 0 Å². The van der Waals surface area contributed by atoms with Gasteiger partial charge in [0.2, 0.25) is 0 Å². The van der Waals surface area contributed by atoms with Crippen LogP contribution < -0.4 is 0 Å². The van der Waals surface area contributed by atoms with Gasteiger partial charge in [-0.1, -0.05) is 34.7 Å². The number of hydrogen-bond donors (Lipinski definition) is 0. The van der Waals surface area contributed by atoms with E-state index in [0.717, 1.165) is 17.8 Å². The molecule has 0 N–H and O–H groups in total. The van der Waals surface area contributed by atoms with Crippen molar-refractivity contribution in [2.24, 2.45) is 17.8 Å². The van der Waals surface area contributed by atoms with Crippen molar-refractivity contribution in [1.29, 1.82) is 0 Å². The Balaban J connectivity index is 2.10. The van der Waals surface area contributed by atoms with Crippen molar-refractivity contribution in [3.63, 3.8) is 0 Å². The van der Waals surface area contributed by atoms with Crippen molar-refractivity contribution >= 4 is 22.6 Å². The zero-order valence-corrected chi connectivity index (χ0v) is 7.54. The molecule has 0 radical (unpaired) electrons. The van der Waals surface area contributed by atoms with E-state index in [0.29, 0.717) is 0 Å². The summed E-state index contributed by atoms with van der Waals surface area (Å²) in [5, 5.41) is 0. The van der Waals surface area contributed by atoms with Gasteiger partial charge in [0.05, 0.1) is 0 Å². The summed E-state index contributed by atoms with van der Waals surface area (Å²) in [4.78, 5) is 0. The fourth-order valence-electron chi connectivity index (χ4n) is 2.07. The van der Waals surface area contributed by atoms with Crippen LogP contribution >= 0.6 is 22.6 Å². The Morgan fingerprint density at radius 3 is 2.56 bits per heavy atom. The Bertz CT molecular complexity index is 140. The predicted molar refractivity (Wildman–Crippen MR) is 47.7 cm³/mol. The molecule has 2 rings (SSSR count). The minimum atomic E-state index is 0.965. The lowest BCUT2D eigenvalue weighted by Gasteiger charge is -2.13. The average Bonchev–Trinajstić information content (AvgIpc) is 2.45. The largest absolute Gasteiger partial charge is 0.0861 e. The molecular formula is C8H11I. The first-order valence-corrected chi connectivity index (χ1v) is 5.17. The third kappa shape index (κ3) is 0.935. The highest BCUT2D eigenvalue weighted by Gasteiger charge is 2.34. The molecule has 9 heavy (non-hydrogen) atoms. The number of rotatable bonds is 1. The van der Waals surface area contributed by atoms with E-state index in [9.17, 15) is 0 Å². The SMILES string of the molecule is ICC1CC2C=CC1C2. The van der Waals surface area contributed by atoms with Gasteiger partial charge in [-0.25, -0.2) is 0 Å². The highest BCUT2D eigenvalue weighted by atomic mass is 127. The summed E-state index contributed by atoms with van der Waals surface area (Å²) < 4.78 is 1.36. The van der Waals surface area contributed by atoms with E-state index >= 15 is 0 Å². The van der Waals surface area contributed by atoms with Crippen LogP contribution in [0.4, 0.5) is 0 Å². The first-order chi connectivity index (χ1) is 4.40. The van der Waals surface area contributed by atoms with Crippen LogP contribution in [0.15, 0.2) is 12.2 Å². The lowest BCUT2D eigenvalue weighted by Crippen LogP contribution is -2.07. The fourth-order valence-corrected chi connectivity index (χ4v) is 3.08. The number of alkyl halides is 1. The highest BCUT2D eigenvalue weighted by molar-refractivity contribution is 14.1. The van der Waals surface area contributed by atoms with Crippen LogP contribution in [-0.4, -0.2) is 4.43 Å². The maximum Gasteiger partial charge on any atom is 0.00295 e. The molecule has 0 aromatic heterocycles. The molecule has 2 bridgehead atoms. The second kappa shape index (κ2) is 2.26. The van der Waals surface area contributed by atoms with Crippen molar-refractivity contribution in [2.45, 2.75) is 12.8 Å². The van der Waals surface area contributed by atoms with Crippen LogP contribution in [0.5, 0.6) is 0 Å². The second-order valence-electron chi connectivity index (χ2n) is 3.19. The first-order valence-electron chi connectivity index (χ1n) is 3.64. The van der Waals surface area contributed by atoms with Crippen LogP contribution in [0.25, 0.3) is 0 Å². The lowest BCUT2D eigenvalue weighted by atomic mass is 9.96. The Hall–Kier alpha value is 0.470. The first kappa shape index (κ1) is 6.20. The lowest BCUT2D eigenvalue weighted by molar-refractivity contribution is 0.509. The summed E-state index contributed by atoms with van der Waals surface area (Å²) >= 11 is 2.51. The average molecular weight is 234 g/mol. The van der Waals surface area contributed by atoms with Gasteiger partial charge in [-0.2, -0.15) is 0 Å². The van der Waals surface area contributed by atoms with Crippen LogP contribution in [0.3, 0.4) is 0 Å². The quantitative estimate of drug-likeness (QED) is 0.371. The molecule has 0 spiro atoms. The van der Waals surface area contributed by atoms with Crippen LogP contribution in [0.2, 0.25) is 0 Å². The normalized spacial score (nSPS) is 46.6. The van der Waals surface area contributed by atoms with E-state index in [-0.39, 0.29) is 0 Å². The summed E-state index contributed by atoms with van der Waals surface area (Å²) in [5.41, 5.74) is 0. The molecule has 0 amide bonds. The van der Waals surface area contributed by atoms with Crippen molar-refractivity contribution < 1.29 is 0 Å². The smallest absolute Gasteiger partial charge is 0.00295 e. The van der Waals surface area contributed by atoms with Gasteiger partial charge in [-0.15, -0.1) is 0 Å². The highest BCUT2D eigenvalue weighted by Crippen LogP contribution is 2.43. The van der Waals surface area contributed by atoms with Gasteiger partial charge in [0.1, 0.15) is 0 Å². The third-order valence-corrected chi connectivity index (χ3v) is 3.75. The van der Waals surface area contributed by atoms with E-state index in [2.05, 4.69) is 34.7 Å². The monoisotopic (exact) mass is 234 g/mol. The van der Waals surface area contributed by atoms with Gasteiger partial charge < -0.3 is 0 Å². The molecule has 2 aliphatic carbocycles. The van der Waals surface area contributed by atoms with Crippen LogP contribution in [0.1, 0.15) is 12.8 Å². The predicted octanol–water partition coefficient (Wildman–Crippen LogP) is 2.63. The Morgan fingerprint density at radius 2 is 2.22 bits per heavy atom. The van der Waals surface area contributed by atoms with Crippen molar-refractivity contribution in [1.82, 2.24) is 0 Å². The molecule has 0 aromatic carbocycles. The van der Waals surface area contributed by atoms with E-state index in [4.69, 9.17) is 0 Å². The summed E-state index contributed by atoms with van der Waals surface area (Å²) in [5.74, 6) is 2.96. The number of fused-ring (bicyclic) bond motifs is 2. The number of allylic oxidation sites excluding steroid dienone is 2. The van der Waals surface area contributed by atoms with Gasteiger partial charge in [0, 0.05) is 4.43 Å². The molecule has 0 heterocycles. The van der Waals surface area contributed by atoms with Gasteiger partial charge in [0.25, 0.3) is 0 Å². The fraction of sp³-hybridized carbons (Fsp3) is 0.750. The summed E-state index contributed by atoms with van der Waals surface area (Å²) in [7, 11) is 0. The summed E-state index contributed by atoms with van der Waals surface area (Å²) in [6.07, 6.45) is 7.78. The Labute approximate surface area is 69.9 Å². The molecule has 2 aliphatic rings. The molecule has 1 saturated carbocycles. The maximum absolute atomic E-state index is 2.51. The molecule has 0 aliphatic heterocycles. The minimum Gasteiger partial charge on any atom is -0.0861 e. The number of halogens is 1. The summed E-state index contributed by atoms with van der Waals surface area (Å²) in [6, 6.07) is 0. The molecule has 0 nitrogen and oxygen atoms in total. The summed E-state index contributed by atoms with van der Waals surface area (Å²) in [6.45, 7) is 0. The Kier molecular flexibility index (Phi) is 1.55. The van der Waals surface area contributed by atoms with E-state index in [1.165, 1.54) is 17.3 Å². The molecule has 1 fully saturated rings. The van der Waals surface area contributed by atoms with E-state index in [1.54, 1.807) is 0 Å². The van der Waals surface area contributed by atoms with Gasteiger partial charge in [-0.05, 0) is 30.6 Å². The van der Waals surface area contributed by atoms with E-state index in [1.807, 2.05) is 0 Å². The minimum absolute atomic E-state index is 0.965. The van der Waals surface area contributed by atoms with Gasteiger partial charge >= 0.3 is 0 Å². The molecule has 1 heteroatoms. The van der Waals surface area contributed by atoms with Crippen molar-refractivity contribution in [3.8, 4) is 0 Å². The van der Waals surface area contributed by atoms with Crippen LogP contribution in [-0.2, 0) is 0 Å². The van der Waals surface area contributed by atoms with Crippen molar-refractivity contribution in [3.05, 3.63) is 12.2 Å². The molecule has 0 saturated heterocycles. The third-order valence-electron chi connectivity index (χ3n) is 2.61. The molecule has 3 atom stereocenters.